The number of nitrogens with one attached hydrogen (secondary N) is 1. The van der Waals surface area contributed by atoms with Crippen molar-refractivity contribution in [1.82, 2.24) is 5.32 Å². The van der Waals surface area contributed by atoms with Crippen LogP contribution in [-0.4, -0.2) is 17.3 Å². The molecule has 1 atom stereocenters. The lowest BCUT2D eigenvalue weighted by Crippen LogP contribution is -2.44. The zero-order chi connectivity index (χ0) is 12.2. The van der Waals surface area contributed by atoms with Crippen LogP contribution in [-0.2, 0) is 6.54 Å². The fourth-order valence-corrected chi connectivity index (χ4v) is 1.67. The molecular formula is C12H17Cl2NO. The largest absolute Gasteiger partial charge is 0.394 e. The summed E-state index contributed by atoms with van der Waals surface area (Å²) < 4.78 is 0. The molecule has 1 rings (SSSR count). The summed E-state index contributed by atoms with van der Waals surface area (Å²) in [6, 6.07) is 5.56. The summed E-state index contributed by atoms with van der Waals surface area (Å²) in [5, 5.41) is 13.7. The van der Waals surface area contributed by atoms with Crippen molar-refractivity contribution in [3.63, 3.8) is 0 Å². The molecule has 0 radical (unpaired) electrons. The second kappa shape index (κ2) is 5.87. The zero-order valence-electron chi connectivity index (χ0n) is 9.56. The number of halogens is 2. The fraction of sp³-hybridized carbons (Fsp3) is 0.500. The molecule has 2 nitrogen and oxygen atoms in total. The summed E-state index contributed by atoms with van der Waals surface area (Å²) in [5.41, 5.74) is 0.674. The lowest BCUT2D eigenvalue weighted by atomic mass is 10.00. The van der Waals surface area contributed by atoms with E-state index < -0.39 is 0 Å². The van der Waals surface area contributed by atoms with E-state index in [1.54, 1.807) is 6.07 Å². The lowest BCUT2D eigenvalue weighted by molar-refractivity contribution is 0.169. The van der Waals surface area contributed by atoms with E-state index in [4.69, 9.17) is 23.2 Å². The normalized spacial score (nSPS) is 14.8. The molecule has 16 heavy (non-hydrogen) atoms. The van der Waals surface area contributed by atoms with Gasteiger partial charge in [-0.15, -0.1) is 0 Å². The predicted molar refractivity (Wildman–Crippen MR) is 69.1 cm³/mol. The highest BCUT2D eigenvalue weighted by atomic mass is 35.5. The molecule has 1 aromatic carbocycles. The average Bonchev–Trinajstić information content (AvgIpc) is 2.31. The minimum Gasteiger partial charge on any atom is -0.394 e. The molecule has 0 fully saturated rings. The smallest absolute Gasteiger partial charge is 0.0637 e. The van der Waals surface area contributed by atoms with E-state index in [1.165, 1.54) is 0 Å². The molecule has 0 amide bonds. The molecule has 0 heterocycles. The van der Waals surface area contributed by atoms with Gasteiger partial charge in [0, 0.05) is 12.1 Å². The van der Waals surface area contributed by atoms with Gasteiger partial charge in [-0.05, 0) is 25.0 Å². The van der Waals surface area contributed by atoms with Crippen molar-refractivity contribution in [3.05, 3.63) is 33.8 Å². The number of aliphatic hydroxyl groups is 1. The minimum atomic E-state index is -0.272. The maximum absolute atomic E-state index is 9.27. The molecular weight excluding hydrogens is 245 g/mol. The molecule has 0 aliphatic carbocycles. The van der Waals surface area contributed by atoms with Crippen molar-refractivity contribution in [2.24, 2.45) is 0 Å². The lowest BCUT2D eigenvalue weighted by Gasteiger charge is -2.27. The summed E-state index contributed by atoms with van der Waals surface area (Å²) in [7, 11) is 0. The Balaban J connectivity index is 2.71. The van der Waals surface area contributed by atoms with E-state index in [0.29, 0.717) is 16.6 Å². The van der Waals surface area contributed by atoms with Crippen LogP contribution in [0.25, 0.3) is 0 Å². The molecule has 0 aromatic heterocycles. The van der Waals surface area contributed by atoms with Gasteiger partial charge >= 0.3 is 0 Å². The average molecular weight is 262 g/mol. The predicted octanol–water partition coefficient (Wildman–Crippen LogP) is 3.24. The van der Waals surface area contributed by atoms with Gasteiger partial charge in [0.1, 0.15) is 0 Å². The summed E-state index contributed by atoms with van der Waals surface area (Å²) in [6.45, 7) is 4.71. The Labute approximate surface area is 107 Å². The second-order valence-corrected chi connectivity index (χ2v) is 4.92. The topological polar surface area (TPSA) is 32.3 Å². The summed E-state index contributed by atoms with van der Waals surface area (Å²) in [5.74, 6) is 0. The molecule has 1 aromatic rings. The minimum absolute atomic E-state index is 0.0989. The number of hydrogen-bond donors (Lipinski definition) is 2. The highest BCUT2D eigenvalue weighted by Crippen LogP contribution is 2.25. The van der Waals surface area contributed by atoms with Crippen molar-refractivity contribution in [3.8, 4) is 0 Å². The first-order chi connectivity index (χ1) is 7.52. The first-order valence-electron chi connectivity index (χ1n) is 5.31. The maximum Gasteiger partial charge on any atom is 0.0637 e. The SMILES string of the molecule is CCC(C)(CO)NCc1cccc(Cl)c1Cl. The molecule has 4 heteroatoms. The number of benzene rings is 1. The van der Waals surface area contributed by atoms with Gasteiger partial charge < -0.3 is 10.4 Å². The van der Waals surface area contributed by atoms with Crippen LogP contribution in [0.4, 0.5) is 0 Å². The molecule has 0 spiro atoms. The van der Waals surface area contributed by atoms with Crippen LogP contribution in [0.15, 0.2) is 18.2 Å². The standard InChI is InChI=1S/C12H17Cl2NO/c1-3-12(2,8-16)15-7-9-5-4-6-10(13)11(9)14/h4-6,15-16H,3,7-8H2,1-2H3. The third-order valence-corrected chi connectivity index (χ3v) is 3.72. The Morgan fingerprint density at radius 1 is 1.38 bits per heavy atom. The molecule has 0 bridgehead atoms. The van der Waals surface area contributed by atoms with Crippen LogP contribution < -0.4 is 5.32 Å². The van der Waals surface area contributed by atoms with E-state index in [9.17, 15) is 5.11 Å². The Hall–Kier alpha value is -0.280. The van der Waals surface area contributed by atoms with Gasteiger partial charge in [-0.3, -0.25) is 0 Å². The summed E-state index contributed by atoms with van der Waals surface area (Å²) in [4.78, 5) is 0. The van der Waals surface area contributed by atoms with Gasteiger partial charge in [-0.25, -0.2) is 0 Å². The van der Waals surface area contributed by atoms with Crippen LogP contribution in [0.5, 0.6) is 0 Å². The molecule has 2 N–H and O–H groups in total. The fourth-order valence-electron chi connectivity index (χ4n) is 1.29. The van der Waals surface area contributed by atoms with Crippen LogP contribution >= 0.6 is 23.2 Å². The van der Waals surface area contributed by atoms with Crippen molar-refractivity contribution in [2.75, 3.05) is 6.61 Å². The Morgan fingerprint density at radius 3 is 2.62 bits per heavy atom. The Kier molecular flexibility index (Phi) is 5.06. The van der Waals surface area contributed by atoms with Crippen molar-refractivity contribution >= 4 is 23.2 Å². The van der Waals surface area contributed by atoms with Crippen LogP contribution in [0.1, 0.15) is 25.8 Å². The number of aliphatic hydroxyl groups excluding tert-OH is 1. The van der Waals surface area contributed by atoms with E-state index >= 15 is 0 Å². The van der Waals surface area contributed by atoms with Crippen molar-refractivity contribution < 1.29 is 5.11 Å². The molecule has 90 valence electrons. The summed E-state index contributed by atoms with van der Waals surface area (Å²) >= 11 is 12.0. The Bertz CT molecular complexity index is 351. The quantitative estimate of drug-likeness (QED) is 0.853. The molecule has 1 unspecified atom stereocenters. The third-order valence-electron chi connectivity index (χ3n) is 2.87. The third kappa shape index (κ3) is 3.36. The first-order valence-corrected chi connectivity index (χ1v) is 6.07. The molecule has 0 aliphatic heterocycles. The highest BCUT2D eigenvalue weighted by Gasteiger charge is 2.20. The first kappa shape index (κ1) is 13.8. The maximum atomic E-state index is 9.27. The molecule has 0 aliphatic rings. The van der Waals surface area contributed by atoms with Gasteiger partial charge in [0.15, 0.2) is 0 Å². The van der Waals surface area contributed by atoms with Gasteiger partial charge in [0.2, 0.25) is 0 Å². The molecule has 0 saturated heterocycles. The number of rotatable bonds is 5. The van der Waals surface area contributed by atoms with Crippen LogP contribution in [0.3, 0.4) is 0 Å². The van der Waals surface area contributed by atoms with E-state index in [2.05, 4.69) is 5.32 Å². The van der Waals surface area contributed by atoms with Crippen molar-refractivity contribution in [2.45, 2.75) is 32.4 Å². The zero-order valence-corrected chi connectivity index (χ0v) is 11.1. The van der Waals surface area contributed by atoms with Gasteiger partial charge in [0.25, 0.3) is 0 Å². The van der Waals surface area contributed by atoms with E-state index in [-0.39, 0.29) is 12.1 Å². The van der Waals surface area contributed by atoms with Crippen molar-refractivity contribution in [1.29, 1.82) is 0 Å². The van der Waals surface area contributed by atoms with Crippen LogP contribution in [0, 0.1) is 0 Å². The summed E-state index contributed by atoms with van der Waals surface area (Å²) in [6.07, 6.45) is 0.849. The van der Waals surface area contributed by atoms with Gasteiger partial charge in [-0.1, -0.05) is 42.3 Å². The molecule has 0 saturated carbocycles. The van der Waals surface area contributed by atoms with Gasteiger partial charge in [-0.2, -0.15) is 0 Å². The van der Waals surface area contributed by atoms with Gasteiger partial charge in [0.05, 0.1) is 16.7 Å². The highest BCUT2D eigenvalue weighted by molar-refractivity contribution is 6.42. The number of hydrogen-bond acceptors (Lipinski definition) is 2. The Morgan fingerprint density at radius 2 is 2.06 bits per heavy atom. The monoisotopic (exact) mass is 261 g/mol. The van der Waals surface area contributed by atoms with Crippen LogP contribution in [0.2, 0.25) is 10.0 Å². The van der Waals surface area contributed by atoms with E-state index in [0.717, 1.165) is 12.0 Å². The second-order valence-electron chi connectivity index (χ2n) is 4.14. The van der Waals surface area contributed by atoms with E-state index in [1.807, 2.05) is 26.0 Å².